The summed E-state index contributed by atoms with van der Waals surface area (Å²) in [6.45, 7) is 5.10. The van der Waals surface area contributed by atoms with Gasteiger partial charge in [0.1, 0.15) is 0 Å². The molecule has 6 nitrogen and oxygen atoms in total. The average Bonchev–Trinajstić information content (AvgIpc) is 2.50. The van der Waals surface area contributed by atoms with Crippen molar-refractivity contribution in [3.63, 3.8) is 0 Å². The Balaban J connectivity index is 2.48. The summed E-state index contributed by atoms with van der Waals surface area (Å²) < 4.78 is 31.5. The maximum atomic E-state index is 12.8. The minimum absolute atomic E-state index is 0.0589. The topological polar surface area (TPSA) is 80.8 Å². The van der Waals surface area contributed by atoms with Gasteiger partial charge in [0.15, 0.2) is 11.8 Å². The Hall–Kier alpha value is -2.15. The first-order valence-corrected chi connectivity index (χ1v) is 8.72. The quantitative estimate of drug-likeness (QED) is 0.781. The molecule has 1 heterocycles. The number of allylic oxidation sites excluding steroid dienone is 1. The number of carbonyl (C=O) groups is 2. The first kappa shape index (κ1) is 17.2. The van der Waals surface area contributed by atoms with E-state index in [1.165, 1.54) is 25.1 Å². The molecule has 1 aromatic rings. The lowest BCUT2D eigenvalue weighted by Crippen LogP contribution is -2.50. The molecule has 1 aromatic carbocycles. The van der Waals surface area contributed by atoms with E-state index < -0.39 is 28.0 Å². The molecule has 0 amide bonds. The van der Waals surface area contributed by atoms with Crippen molar-refractivity contribution in [1.82, 2.24) is 4.31 Å². The normalized spacial score (nSPS) is 21.3. The lowest BCUT2D eigenvalue weighted by atomic mass is 9.95. The number of nitrogens with zero attached hydrogens (tertiary/aromatic N) is 1. The highest BCUT2D eigenvalue weighted by Crippen LogP contribution is 2.27. The molecule has 0 bridgehead atoms. The highest BCUT2D eigenvalue weighted by atomic mass is 32.2. The summed E-state index contributed by atoms with van der Waals surface area (Å²) in [5.74, 6) is -1.84. The second kappa shape index (κ2) is 6.54. The van der Waals surface area contributed by atoms with Crippen molar-refractivity contribution >= 4 is 21.8 Å². The lowest BCUT2D eigenvalue weighted by Gasteiger charge is -2.33. The minimum atomic E-state index is -3.95. The predicted molar refractivity (Wildman–Crippen MR) is 83.9 cm³/mol. The van der Waals surface area contributed by atoms with Gasteiger partial charge in [0.2, 0.25) is 0 Å². The maximum absolute atomic E-state index is 12.8. The van der Waals surface area contributed by atoms with E-state index >= 15 is 0 Å². The highest BCUT2D eigenvalue weighted by molar-refractivity contribution is 7.89. The summed E-state index contributed by atoms with van der Waals surface area (Å²) in [4.78, 5) is 24.1. The molecule has 0 aliphatic carbocycles. The molecule has 1 aliphatic heterocycles. The Bertz CT molecular complexity index is 736. The Morgan fingerprint density at radius 2 is 1.87 bits per heavy atom. The molecule has 0 radical (unpaired) electrons. The highest BCUT2D eigenvalue weighted by Gasteiger charge is 2.42. The van der Waals surface area contributed by atoms with E-state index in [0.717, 1.165) is 16.1 Å². The molecule has 0 spiro atoms. The molecule has 0 aromatic heterocycles. The zero-order valence-corrected chi connectivity index (χ0v) is 14.0. The number of aryl methyl sites for hydroxylation is 1. The van der Waals surface area contributed by atoms with Crippen LogP contribution < -0.4 is 0 Å². The van der Waals surface area contributed by atoms with Gasteiger partial charge in [-0.15, -0.1) is 0 Å². The van der Waals surface area contributed by atoms with Crippen LogP contribution in [-0.4, -0.2) is 37.1 Å². The average molecular weight is 337 g/mol. The van der Waals surface area contributed by atoms with Gasteiger partial charge in [-0.3, -0.25) is 9.10 Å². The molecule has 23 heavy (non-hydrogen) atoms. The van der Waals surface area contributed by atoms with Crippen LogP contribution in [0.3, 0.4) is 0 Å². The van der Waals surface area contributed by atoms with Gasteiger partial charge in [-0.05, 0) is 32.1 Å². The van der Waals surface area contributed by atoms with Crippen molar-refractivity contribution in [1.29, 1.82) is 0 Å². The van der Waals surface area contributed by atoms with Crippen molar-refractivity contribution in [2.24, 2.45) is 5.92 Å². The van der Waals surface area contributed by atoms with E-state index in [1.54, 1.807) is 19.1 Å². The first-order valence-electron chi connectivity index (χ1n) is 7.28. The molecule has 7 heteroatoms. The maximum Gasteiger partial charge on any atom is 0.330 e. The zero-order valence-electron chi connectivity index (χ0n) is 13.2. The third-order valence-corrected chi connectivity index (χ3v) is 5.48. The number of sulfonamides is 1. The van der Waals surface area contributed by atoms with Gasteiger partial charge in [-0.1, -0.05) is 24.6 Å². The number of hydrogen-bond acceptors (Lipinski definition) is 5. The molecular weight excluding hydrogens is 318 g/mol. The largest absolute Gasteiger partial charge is 0.464 e. The molecule has 124 valence electrons. The minimum Gasteiger partial charge on any atom is -0.464 e. The monoisotopic (exact) mass is 337 g/mol. The van der Waals surface area contributed by atoms with E-state index in [9.17, 15) is 18.0 Å². The molecule has 0 unspecified atom stereocenters. The summed E-state index contributed by atoms with van der Waals surface area (Å²) in [6.07, 6.45) is 2.31. The SMILES string of the molecule is CCOC(=O)[C@@H]1[C@H](C)C(=O)C=CN1S(=O)(=O)c1ccc(C)cc1. The Labute approximate surface area is 135 Å². The van der Waals surface area contributed by atoms with Crippen LogP contribution in [0.1, 0.15) is 19.4 Å². The number of ketones is 1. The molecule has 1 aliphatic rings. The van der Waals surface area contributed by atoms with Crippen molar-refractivity contribution in [2.75, 3.05) is 6.61 Å². The fourth-order valence-corrected chi connectivity index (χ4v) is 3.88. The number of hydrogen-bond donors (Lipinski definition) is 0. The first-order chi connectivity index (χ1) is 10.8. The standard InChI is InChI=1S/C16H19NO5S/c1-4-22-16(19)15-12(3)14(18)9-10-17(15)23(20,21)13-7-5-11(2)6-8-13/h5-10,12,15H,4H2,1-3H3/t12-,15+/m1/s1. The Kier molecular flexibility index (Phi) is 4.89. The molecule has 0 fully saturated rings. The molecule has 0 N–H and O–H groups in total. The van der Waals surface area contributed by atoms with Crippen LogP contribution in [0.15, 0.2) is 41.4 Å². The molecule has 2 rings (SSSR count). The van der Waals surface area contributed by atoms with Gasteiger partial charge in [0.25, 0.3) is 10.0 Å². The van der Waals surface area contributed by atoms with Crippen LogP contribution in [0.4, 0.5) is 0 Å². The van der Waals surface area contributed by atoms with Gasteiger partial charge >= 0.3 is 5.97 Å². The van der Waals surface area contributed by atoms with Crippen molar-refractivity contribution < 1.29 is 22.7 Å². The fraction of sp³-hybridized carbons (Fsp3) is 0.375. The van der Waals surface area contributed by atoms with Crippen LogP contribution in [-0.2, 0) is 24.3 Å². The fourth-order valence-electron chi connectivity index (χ4n) is 2.36. The summed E-state index contributed by atoms with van der Waals surface area (Å²) in [7, 11) is -3.95. The number of esters is 1. The van der Waals surface area contributed by atoms with Gasteiger partial charge in [-0.2, -0.15) is 0 Å². The number of rotatable bonds is 4. The number of ether oxygens (including phenoxy) is 1. The smallest absolute Gasteiger partial charge is 0.330 e. The van der Waals surface area contributed by atoms with E-state index in [2.05, 4.69) is 0 Å². The third kappa shape index (κ3) is 3.29. The van der Waals surface area contributed by atoms with Crippen LogP contribution in [0, 0.1) is 12.8 Å². The third-order valence-electron chi connectivity index (χ3n) is 3.71. The van der Waals surface area contributed by atoms with Gasteiger partial charge in [0.05, 0.1) is 17.4 Å². The zero-order chi connectivity index (χ0) is 17.2. The van der Waals surface area contributed by atoms with Crippen molar-refractivity contribution in [2.45, 2.75) is 31.7 Å². The summed E-state index contributed by atoms with van der Waals surface area (Å²) >= 11 is 0. The summed E-state index contributed by atoms with van der Waals surface area (Å²) in [6, 6.07) is 5.10. The van der Waals surface area contributed by atoms with E-state index in [0.29, 0.717) is 0 Å². The van der Waals surface area contributed by atoms with Crippen LogP contribution in [0.5, 0.6) is 0 Å². The molecular formula is C16H19NO5S. The van der Waals surface area contributed by atoms with E-state index in [-0.39, 0.29) is 17.3 Å². The van der Waals surface area contributed by atoms with E-state index in [1.807, 2.05) is 6.92 Å². The second-order valence-electron chi connectivity index (χ2n) is 5.35. The van der Waals surface area contributed by atoms with Gasteiger partial charge < -0.3 is 4.74 Å². The van der Waals surface area contributed by atoms with Gasteiger partial charge in [-0.25, -0.2) is 13.2 Å². The van der Waals surface area contributed by atoms with Gasteiger partial charge in [0, 0.05) is 6.20 Å². The number of benzene rings is 1. The number of carbonyl (C=O) groups excluding carboxylic acids is 2. The summed E-state index contributed by atoms with van der Waals surface area (Å²) in [5.41, 5.74) is 0.920. The van der Waals surface area contributed by atoms with Crippen molar-refractivity contribution in [3.05, 3.63) is 42.1 Å². The van der Waals surface area contributed by atoms with Crippen molar-refractivity contribution in [3.8, 4) is 0 Å². The molecule has 0 saturated carbocycles. The second-order valence-corrected chi connectivity index (χ2v) is 7.19. The molecule has 0 saturated heterocycles. The van der Waals surface area contributed by atoms with E-state index in [4.69, 9.17) is 4.74 Å². The van der Waals surface area contributed by atoms with Crippen LogP contribution in [0.2, 0.25) is 0 Å². The Morgan fingerprint density at radius 3 is 2.43 bits per heavy atom. The molecule has 2 atom stereocenters. The predicted octanol–water partition coefficient (Wildman–Crippen LogP) is 1.65. The Morgan fingerprint density at radius 1 is 1.26 bits per heavy atom. The van der Waals surface area contributed by atoms with Crippen LogP contribution in [0.25, 0.3) is 0 Å². The summed E-state index contributed by atoms with van der Waals surface area (Å²) in [5, 5.41) is 0. The van der Waals surface area contributed by atoms with Crippen LogP contribution >= 0.6 is 0 Å². The lowest BCUT2D eigenvalue weighted by molar-refractivity contribution is -0.150.